The maximum atomic E-state index is 11.0. The highest BCUT2D eigenvalue weighted by Crippen LogP contribution is 2.32. The Morgan fingerprint density at radius 1 is 1.29 bits per heavy atom. The van der Waals surface area contributed by atoms with E-state index >= 15 is 0 Å². The average Bonchev–Trinajstić information content (AvgIpc) is 2.25. The Labute approximate surface area is 101 Å². The SMILES string of the molecule is COc1c(C=O)cc(B(O)O)cc1C(C)(C)C. The molecule has 0 amide bonds. The van der Waals surface area contributed by atoms with Gasteiger partial charge in [0.05, 0.1) is 12.7 Å². The summed E-state index contributed by atoms with van der Waals surface area (Å²) in [4.78, 5) is 11.0. The van der Waals surface area contributed by atoms with Crippen molar-refractivity contribution in [3.63, 3.8) is 0 Å². The summed E-state index contributed by atoms with van der Waals surface area (Å²) in [5.41, 5.74) is 1.13. The molecular formula is C12H17BO4. The Morgan fingerprint density at radius 3 is 2.24 bits per heavy atom. The zero-order valence-corrected chi connectivity index (χ0v) is 10.5. The second-order valence-corrected chi connectivity index (χ2v) is 4.93. The highest BCUT2D eigenvalue weighted by molar-refractivity contribution is 6.58. The molecule has 92 valence electrons. The number of carbonyl (C=O) groups excluding carboxylic acids is 1. The molecule has 0 aliphatic rings. The van der Waals surface area contributed by atoms with E-state index in [2.05, 4.69) is 0 Å². The van der Waals surface area contributed by atoms with Crippen molar-refractivity contribution in [1.29, 1.82) is 0 Å². The van der Waals surface area contributed by atoms with Crippen LogP contribution in [0.2, 0.25) is 0 Å². The van der Waals surface area contributed by atoms with Crippen molar-refractivity contribution in [2.75, 3.05) is 7.11 Å². The number of hydrogen-bond acceptors (Lipinski definition) is 4. The number of rotatable bonds is 3. The molecule has 0 radical (unpaired) electrons. The lowest BCUT2D eigenvalue weighted by Crippen LogP contribution is -2.32. The van der Waals surface area contributed by atoms with E-state index in [-0.39, 0.29) is 10.9 Å². The van der Waals surface area contributed by atoms with Gasteiger partial charge in [0.1, 0.15) is 5.75 Å². The predicted octanol–water partition coefficient (Wildman–Crippen LogP) is 0.485. The molecule has 0 aliphatic carbocycles. The summed E-state index contributed by atoms with van der Waals surface area (Å²) in [6.07, 6.45) is 0.653. The first-order valence-corrected chi connectivity index (χ1v) is 5.35. The molecule has 0 aromatic heterocycles. The molecule has 1 aromatic carbocycles. The van der Waals surface area contributed by atoms with Gasteiger partial charge in [0.2, 0.25) is 0 Å². The smallest absolute Gasteiger partial charge is 0.488 e. The van der Waals surface area contributed by atoms with Crippen molar-refractivity contribution in [2.24, 2.45) is 0 Å². The number of methoxy groups -OCH3 is 1. The van der Waals surface area contributed by atoms with Crippen molar-refractivity contribution in [3.8, 4) is 5.75 Å². The fourth-order valence-corrected chi connectivity index (χ4v) is 1.70. The van der Waals surface area contributed by atoms with Crippen LogP contribution in [0, 0.1) is 0 Å². The van der Waals surface area contributed by atoms with Gasteiger partial charge >= 0.3 is 7.12 Å². The summed E-state index contributed by atoms with van der Waals surface area (Å²) in [6.45, 7) is 5.90. The van der Waals surface area contributed by atoms with Crippen LogP contribution in [0.3, 0.4) is 0 Å². The maximum absolute atomic E-state index is 11.0. The predicted molar refractivity (Wildman–Crippen MR) is 66.9 cm³/mol. The number of benzene rings is 1. The zero-order valence-electron chi connectivity index (χ0n) is 10.5. The fourth-order valence-electron chi connectivity index (χ4n) is 1.70. The standard InChI is InChI=1S/C12H17BO4/c1-12(2,3)10-6-9(13(15)16)5-8(7-14)11(10)17-4/h5-7,15-16H,1-4H3. The third kappa shape index (κ3) is 2.87. The summed E-state index contributed by atoms with van der Waals surface area (Å²) in [7, 11) is -0.104. The Balaban J connectivity index is 3.54. The third-order valence-electron chi connectivity index (χ3n) is 2.58. The molecular weight excluding hydrogens is 219 g/mol. The first-order valence-electron chi connectivity index (χ1n) is 5.35. The van der Waals surface area contributed by atoms with Gasteiger partial charge < -0.3 is 14.8 Å². The molecule has 0 spiro atoms. The molecule has 1 aromatic rings. The Hall–Kier alpha value is -1.33. The van der Waals surface area contributed by atoms with Crippen LogP contribution in [-0.2, 0) is 5.41 Å². The highest BCUT2D eigenvalue weighted by atomic mass is 16.5. The van der Waals surface area contributed by atoms with E-state index in [1.807, 2.05) is 20.8 Å². The van der Waals surface area contributed by atoms with Gasteiger partial charge in [-0.25, -0.2) is 0 Å². The molecule has 0 saturated carbocycles. The molecule has 2 N–H and O–H groups in total. The van der Waals surface area contributed by atoms with Crippen molar-refractivity contribution in [1.82, 2.24) is 0 Å². The summed E-state index contributed by atoms with van der Waals surface area (Å²) in [5.74, 6) is 0.483. The van der Waals surface area contributed by atoms with E-state index in [0.717, 1.165) is 5.56 Å². The summed E-state index contributed by atoms with van der Waals surface area (Å²) in [5, 5.41) is 18.4. The van der Waals surface area contributed by atoms with Gasteiger partial charge in [-0.2, -0.15) is 0 Å². The first-order chi connectivity index (χ1) is 7.81. The van der Waals surface area contributed by atoms with Gasteiger partial charge in [-0.05, 0) is 22.5 Å². The average molecular weight is 236 g/mol. The fraction of sp³-hybridized carbons (Fsp3) is 0.417. The van der Waals surface area contributed by atoms with Crippen LogP contribution < -0.4 is 10.2 Å². The quantitative estimate of drug-likeness (QED) is 0.591. The molecule has 4 nitrogen and oxygen atoms in total. The molecule has 0 heterocycles. The van der Waals surface area contributed by atoms with Gasteiger partial charge in [0.15, 0.2) is 6.29 Å². The van der Waals surface area contributed by atoms with Crippen LogP contribution in [-0.4, -0.2) is 30.6 Å². The van der Waals surface area contributed by atoms with Crippen molar-refractivity contribution in [2.45, 2.75) is 26.2 Å². The van der Waals surface area contributed by atoms with Gasteiger partial charge in [0, 0.05) is 0 Å². The van der Waals surface area contributed by atoms with E-state index in [9.17, 15) is 14.8 Å². The lowest BCUT2D eigenvalue weighted by atomic mass is 9.74. The molecule has 17 heavy (non-hydrogen) atoms. The molecule has 5 heteroatoms. The van der Waals surface area contributed by atoms with Gasteiger partial charge in [-0.15, -0.1) is 0 Å². The van der Waals surface area contributed by atoms with Crippen LogP contribution in [0.25, 0.3) is 0 Å². The Kier molecular flexibility index (Phi) is 3.96. The minimum Gasteiger partial charge on any atom is -0.496 e. The van der Waals surface area contributed by atoms with Crippen LogP contribution in [0.4, 0.5) is 0 Å². The number of hydrogen-bond donors (Lipinski definition) is 2. The number of ether oxygens (including phenoxy) is 1. The van der Waals surface area contributed by atoms with Crippen molar-refractivity contribution in [3.05, 3.63) is 23.3 Å². The maximum Gasteiger partial charge on any atom is 0.488 e. The van der Waals surface area contributed by atoms with Crippen LogP contribution in [0.5, 0.6) is 5.75 Å². The number of carbonyl (C=O) groups is 1. The van der Waals surface area contributed by atoms with Crippen molar-refractivity contribution < 1.29 is 19.6 Å². The minimum atomic E-state index is -1.60. The van der Waals surface area contributed by atoms with E-state index in [1.54, 1.807) is 6.07 Å². The van der Waals surface area contributed by atoms with Crippen LogP contribution in [0.1, 0.15) is 36.7 Å². The van der Waals surface area contributed by atoms with Gasteiger partial charge in [-0.1, -0.05) is 26.8 Å². The molecule has 0 bridgehead atoms. The minimum absolute atomic E-state index is 0.256. The van der Waals surface area contributed by atoms with Crippen LogP contribution in [0.15, 0.2) is 12.1 Å². The molecule has 0 unspecified atom stereocenters. The van der Waals surface area contributed by atoms with Gasteiger partial charge in [-0.3, -0.25) is 4.79 Å². The van der Waals surface area contributed by atoms with E-state index < -0.39 is 7.12 Å². The Bertz CT molecular complexity index is 421. The lowest BCUT2D eigenvalue weighted by Gasteiger charge is -2.24. The monoisotopic (exact) mass is 236 g/mol. The number of aldehydes is 1. The largest absolute Gasteiger partial charge is 0.496 e. The van der Waals surface area contributed by atoms with E-state index in [4.69, 9.17) is 4.74 Å². The molecule has 0 fully saturated rings. The summed E-state index contributed by atoms with van der Waals surface area (Å²) in [6, 6.07) is 3.07. The van der Waals surface area contributed by atoms with Crippen LogP contribution >= 0.6 is 0 Å². The normalized spacial score (nSPS) is 11.2. The molecule has 0 aliphatic heterocycles. The summed E-state index contributed by atoms with van der Waals surface area (Å²) < 4.78 is 5.23. The second-order valence-electron chi connectivity index (χ2n) is 4.93. The van der Waals surface area contributed by atoms with Crippen molar-refractivity contribution >= 4 is 18.9 Å². The van der Waals surface area contributed by atoms with E-state index in [0.29, 0.717) is 17.6 Å². The highest BCUT2D eigenvalue weighted by Gasteiger charge is 2.24. The topological polar surface area (TPSA) is 66.8 Å². The molecule has 0 saturated heterocycles. The van der Waals surface area contributed by atoms with Gasteiger partial charge in [0.25, 0.3) is 0 Å². The lowest BCUT2D eigenvalue weighted by molar-refractivity contribution is 0.112. The zero-order chi connectivity index (χ0) is 13.2. The summed E-state index contributed by atoms with van der Waals surface area (Å²) >= 11 is 0. The Morgan fingerprint density at radius 2 is 1.88 bits per heavy atom. The first kappa shape index (κ1) is 13.7. The third-order valence-corrected chi connectivity index (χ3v) is 2.58. The van der Waals surface area contributed by atoms with E-state index in [1.165, 1.54) is 13.2 Å². The molecule has 1 rings (SSSR count). The molecule has 0 atom stereocenters. The second kappa shape index (κ2) is 4.90.